The highest BCUT2D eigenvalue weighted by molar-refractivity contribution is 5.93. The number of hydrogen-bond donors (Lipinski definition) is 1. The lowest BCUT2D eigenvalue weighted by molar-refractivity contribution is -0.125. The second kappa shape index (κ2) is 10.9. The van der Waals surface area contributed by atoms with Crippen LogP contribution >= 0.6 is 0 Å². The number of allylic oxidation sites excluding steroid dienone is 4. The third kappa shape index (κ3) is 4.99. The van der Waals surface area contributed by atoms with E-state index in [0.29, 0.717) is 30.0 Å². The van der Waals surface area contributed by atoms with E-state index in [9.17, 15) is 9.59 Å². The molecule has 0 aliphatic heterocycles. The van der Waals surface area contributed by atoms with Crippen LogP contribution in [0.25, 0.3) is 0 Å². The highest BCUT2D eigenvalue weighted by atomic mass is 16.3. The van der Waals surface area contributed by atoms with Gasteiger partial charge >= 0.3 is 0 Å². The molecule has 0 radical (unpaired) electrons. The first-order chi connectivity index (χ1) is 17.8. The second-order valence-electron chi connectivity index (χ2n) is 12.5. The summed E-state index contributed by atoms with van der Waals surface area (Å²) in [4.78, 5) is 27.4. The molecule has 4 heteroatoms. The van der Waals surface area contributed by atoms with Crippen molar-refractivity contribution >= 4 is 17.3 Å². The lowest BCUT2D eigenvalue weighted by atomic mass is 9.51. The number of rotatable bonds is 9. The van der Waals surface area contributed by atoms with Gasteiger partial charge in [-0.05, 0) is 110 Å². The topological polar surface area (TPSA) is 57.6 Å². The lowest BCUT2D eigenvalue weighted by Crippen LogP contribution is -2.44. The van der Waals surface area contributed by atoms with E-state index in [1.54, 1.807) is 5.57 Å². The maximum Gasteiger partial charge on any atom is 0.156 e. The van der Waals surface area contributed by atoms with Gasteiger partial charge in [-0.2, -0.15) is 0 Å². The molecule has 0 heterocycles. The largest absolute Gasteiger partial charge is 0.396 e. The highest BCUT2D eigenvalue weighted by Crippen LogP contribution is 2.65. The molecule has 2 fully saturated rings. The Morgan fingerprint density at radius 1 is 1.03 bits per heavy atom. The molecule has 1 N–H and O–H groups in total. The van der Waals surface area contributed by atoms with Gasteiger partial charge in [-0.3, -0.25) is 9.59 Å². The van der Waals surface area contributed by atoms with Crippen molar-refractivity contribution in [1.29, 1.82) is 0 Å². The quantitative estimate of drug-likeness (QED) is 0.377. The van der Waals surface area contributed by atoms with Gasteiger partial charge in [-0.1, -0.05) is 37.5 Å². The molecule has 4 nitrogen and oxygen atoms in total. The first-order valence-corrected chi connectivity index (χ1v) is 14.7. The monoisotopic (exact) mass is 503 g/mol. The molecule has 4 aliphatic carbocycles. The van der Waals surface area contributed by atoms with Crippen LogP contribution in [0, 0.1) is 23.2 Å². The zero-order chi connectivity index (χ0) is 26.2. The van der Waals surface area contributed by atoms with Crippen LogP contribution in [0.1, 0.15) is 96.0 Å². The predicted octanol–water partition coefficient (Wildman–Crippen LogP) is 6.78. The number of fused-ring (bicyclic) bond motifs is 4. The van der Waals surface area contributed by atoms with Crippen LogP contribution in [0.5, 0.6) is 0 Å². The summed E-state index contributed by atoms with van der Waals surface area (Å²) in [5.74, 6) is 2.28. The van der Waals surface area contributed by atoms with E-state index in [0.717, 1.165) is 70.8 Å². The van der Waals surface area contributed by atoms with E-state index < -0.39 is 0 Å². The third-order valence-corrected chi connectivity index (χ3v) is 10.4. The standard InChI is InChI=1S/C33H45NO3/c1-22(36)30-16-17-31-28-14-10-24-20-26(37)13-15-27(24)32(28)29(21-33(30,31)2)23-8-11-25(12-9-23)34(3)18-6-4-5-7-19-35/h8-9,11-12,20,28-31,35H,4-7,10,13-19,21H2,1-3H3/t28?,29-,30-,31?,33-/m1/s1. The van der Waals surface area contributed by atoms with Crippen molar-refractivity contribution < 1.29 is 14.7 Å². The molecule has 2 unspecified atom stereocenters. The van der Waals surface area contributed by atoms with E-state index in [4.69, 9.17) is 5.11 Å². The Morgan fingerprint density at radius 2 is 1.78 bits per heavy atom. The molecule has 1 aromatic rings. The van der Waals surface area contributed by atoms with Crippen LogP contribution in [0.15, 0.2) is 47.1 Å². The van der Waals surface area contributed by atoms with Crippen molar-refractivity contribution in [2.24, 2.45) is 23.2 Å². The number of benzene rings is 1. The van der Waals surface area contributed by atoms with Gasteiger partial charge in [0.05, 0.1) is 0 Å². The minimum Gasteiger partial charge on any atom is -0.396 e. The number of aliphatic hydroxyl groups excluding tert-OH is 1. The summed E-state index contributed by atoms with van der Waals surface area (Å²) in [7, 11) is 2.17. The fourth-order valence-electron chi connectivity index (χ4n) is 8.53. The summed E-state index contributed by atoms with van der Waals surface area (Å²) in [5, 5.41) is 8.99. The molecular weight excluding hydrogens is 458 g/mol. The van der Waals surface area contributed by atoms with E-state index in [1.165, 1.54) is 22.4 Å². The molecule has 1 aromatic carbocycles. The van der Waals surface area contributed by atoms with Crippen LogP contribution in [-0.2, 0) is 9.59 Å². The minimum atomic E-state index is 0.0565. The SMILES string of the molecule is CC(=O)[C@H]1CCC2C3CCC4=CC(=O)CCC4=C3[C@@H](c3ccc(N(C)CCCCCCO)cc3)C[C@@]21C. The molecule has 0 amide bonds. The number of carbonyl (C=O) groups is 2. The second-order valence-corrected chi connectivity index (χ2v) is 12.5. The van der Waals surface area contributed by atoms with Gasteiger partial charge in [0.25, 0.3) is 0 Å². The number of ketones is 2. The summed E-state index contributed by atoms with van der Waals surface area (Å²) in [6.45, 7) is 5.54. The molecule has 200 valence electrons. The molecule has 2 saturated carbocycles. The van der Waals surface area contributed by atoms with Gasteiger partial charge in [-0.25, -0.2) is 0 Å². The zero-order valence-corrected chi connectivity index (χ0v) is 23.1. The number of carbonyl (C=O) groups excluding carboxylic acids is 2. The van der Waals surface area contributed by atoms with Crippen LogP contribution < -0.4 is 4.90 Å². The summed E-state index contributed by atoms with van der Waals surface area (Å²) < 4.78 is 0. The Balaban J connectivity index is 1.45. The van der Waals surface area contributed by atoms with Gasteiger partial charge in [0, 0.05) is 44.1 Å². The van der Waals surface area contributed by atoms with Crippen LogP contribution in [0.2, 0.25) is 0 Å². The Labute approximate surface area is 223 Å². The number of hydrogen-bond acceptors (Lipinski definition) is 4. The molecular formula is C33H45NO3. The zero-order valence-electron chi connectivity index (χ0n) is 23.1. The summed E-state index contributed by atoms with van der Waals surface area (Å²) in [5.41, 5.74) is 7.07. The van der Waals surface area contributed by atoms with Crippen molar-refractivity contribution in [1.82, 2.24) is 0 Å². The summed E-state index contributed by atoms with van der Waals surface area (Å²) in [6.07, 6.45) is 13.1. The Hall–Kier alpha value is -2.20. The van der Waals surface area contributed by atoms with Crippen molar-refractivity contribution in [2.75, 3.05) is 25.1 Å². The fraction of sp³-hybridized carbons (Fsp3) is 0.636. The first-order valence-electron chi connectivity index (χ1n) is 14.7. The average molecular weight is 504 g/mol. The maximum absolute atomic E-state index is 12.8. The Bertz CT molecular complexity index is 1080. The smallest absolute Gasteiger partial charge is 0.156 e. The van der Waals surface area contributed by atoms with Gasteiger partial charge in [0.2, 0.25) is 0 Å². The number of aliphatic hydroxyl groups is 1. The Morgan fingerprint density at radius 3 is 2.51 bits per heavy atom. The lowest BCUT2D eigenvalue weighted by Gasteiger charge is -2.52. The molecule has 37 heavy (non-hydrogen) atoms. The molecule has 5 rings (SSSR count). The Kier molecular flexibility index (Phi) is 7.77. The van der Waals surface area contributed by atoms with Crippen LogP contribution in [0.3, 0.4) is 0 Å². The molecule has 4 aliphatic rings. The predicted molar refractivity (Wildman–Crippen MR) is 150 cm³/mol. The van der Waals surface area contributed by atoms with Gasteiger partial charge < -0.3 is 10.0 Å². The van der Waals surface area contributed by atoms with E-state index in [2.05, 4.69) is 43.1 Å². The molecule has 5 atom stereocenters. The molecule has 0 bridgehead atoms. The van der Waals surface area contributed by atoms with Crippen molar-refractivity contribution in [2.45, 2.75) is 90.4 Å². The highest BCUT2D eigenvalue weighted by Gasteiger charge is 2.57. The molecule has 0 saturated heterocycles. The van der Waals surface area contributed by atoms with E-state index >= 15 is 0 Å². The fourth-order valence-corrected chi connectivity index (χ4v) is 8.53. The number of anilines is 1. The van der Waals surface area contributed by atoms with Crippen molar-refractivity contribution in [3.63, 3.8) is 0 Å². The van der Waals surface area contributed by atoms with E-state index in [-0.39, 0.29) is 23.7 Å². The summed E-state index contributed by atoms with van der Waals surface area (Å²) >= 11 is 0. The van der Waals surface area contributed by atoms with Crippen molar-refractivity contribution in [3.8, 4) is 0 Å². The van der Waals surface area contributed by atoms with Gasteiger partial charge in [0.1, 0.15) is 5.78 Å². The number of unbranched alkanes of at least 4 members (excludes halogenated alkanes) is 3. The molecule has 0 aromatic heterocycles. The minimum absolute atomic E-state index is 0.0565. The average Bonchev–Trinajstić information content (AvgIpc) is 3.25. The number of Topliss-reactive ketones (excluding diaryl/α,β-unsaturated/α-hetero) is 1. The van der Waals surface area contributed by atoms with Gasteiger partial charge in [0.15, 0.2) is 5.78 Å². The maximum atomic E-state index is 12.8. The normalized spacial score (nSPS) is 30.9. The van der Waals surface area contributed by atoms with Crippen LogP contribution in [0.4, 0.5) is 5.69 Å². The van der Waals surface area contributed by atoms with Gasteiger partial charge in [-0.15, -0.1) is 0 Å². The third-order valence-electron chi connectivity index (χ3n) is 10.4. The van der Waals surface area contributed by atoms with Crippen LogP contribution in [-0.4, -0.2) is 36.9 Å². The molecule has 0 spiro atoms. The first kappa shape index (κ1) is 26.4. The number of nitrogens with zero attached hydrogens (tertiary/aromatic N) is 1. The van der Waals surface area contributed by atoms with Crippen molar-refractivity contribution in [3.05, 3.63) is 52.6 Å². The van der Waals surface area contributed by atoms with E-state index in [1.807, 2.05) is 13.0 Å². The summed E-state index contributed by atoms with van der Waals surface area (Å²) in [6, 6.07) is 9.22.